The number of nitrogens with zero attached hydrogens (tertiary/aromatic N) is 1. The number of ether oxygens (including phenoxy) is 1. The van der Waals surface area contributed by atoms with Crippen LogP contribution < -0.4 is 9.46 Å². The smallest absolute Gasteiger partial charge is 0.406 e. The van der Waals surface area contributed by atoms with Crippen LogP contribution in [-0.4, -0.2) is 44.7 Å². The summed E-state index contributed by atoms with van der Waals surface area (Å²) in [4.78, 5) is 13.1. The molecule has 0 aromatic heterocycles. The van der Waals surface area contributed by atoms with Gasteiger partial charge in [-0.05, 0) is 55.3 Å². The Kier molecular flexibility index (Phi) is 7.53. The van der Waals surface area contributed by atoms with Crippen LogP contribution in [0.2, 0.25) is 0 Å². The summed E-state index contributed by atoms with van der Waals surface area (Å²) < 4.78 is 108. The van der Waals surface area contributed by atoms with Crippen molar-refractivity contribution in [2.75, 3.05) is 13.1 Å². The molecule has 0 atom stereocenters. The number of hydrogen-bond donors (Lipinski definition) is 1. The minimum Gasteiger partial charge on any atom is -0.406 e. The topological polar surface area (TPSA) is 75.7 Å². The number of likely N-dealkylation sites (tertiary alicyclic amines) is 1. The number of carbonyl (C=O) groups excluding carboxylic acids is 1. The second-order valence-electron chi connectivity index (χ2n) is 7.40. The van der Waals surface area contributed by atoms with Gasteiger partial charge in [-0.25, -0.2) is 13.1 Å². The number of piperidine rings is 1. The second-order valence-corrected chi connectivity index (χ2v) is 10.00. The van der Waals surface area contributed by atoms with Crippen molar-refractivity contribution in [1.29, 1.82) is 0 Å². The second kappa shape index (κ2) is 9.74. The van der Waals surface area contributed by atoms with E-state index in [1.165, 1.54) is 23.1 Å². The van der Waals surface area contributed by atoms with Crippen LogP contribution in [0.15, 0.2) is 51.8 Å². The van der Waals surface area contributed by atoms with Gasteiger partial charge in [0.05, 0.1) is 10.5 Å². The van der Waals surface area contributed by atoms with Gasteiger partial charge in [-0.2, -0.15) is 13.2 Å². The lowest BCUT2D eigenvalue weighted by Gasteiger charge is -2.32. The van der Waals surface area contributed by atoms with Crippen molar-refractivity contribution in [2.45, 2.75) is 36.3 Å². The van der Waals surface area contributed by atoms with E-state index in [4.69, 9.17) is 0 Å². The van der Waals surface area contributed by atoms with Gasteiger partial charge in [0.1, 0.15) is 5.75 Å². The van der Waals surface area contributed by atoms with E-state index in [-0.39, 0.29) is 36.0 Å². The van der Waals surface area contributed by atoms with Gasteiger partial charge in [-0.15, -0.1) is 13.2 Å². The van der Waals surface area contributed by atoms with E-state index in [1.54, 1.807) is 0 Å². The normalized spacial score (nSPS) is 15.9. The fraction of sp³-hybridized carbons (Fsp3) is 0.350. The molecule has 1 fully saturated rings. The molecule has 34 heavy (non-hydrogen) atoms. The van der Waals surface area contributed by atoms with Gasteiger partial charge in [0, 0.05) is 29.2 Å². The predicted octanol–water partition coefficient (Wildman–Crippen LogP) is 4.95. The zero-order valence-electron chi connectivity index (χ0n) is 17.1. The van der Waals surface area contributed by atoms with Crippen molar-refractivity contribution in [1.82, 2.24) is 9.62 Å². The van der Waals surface area contributed by atoms with Crippen LogP contribution in [0.1, 0.15) is 28.8 Å². The van der Waals surface area contributed by atoms with Gasteiger partial charge in [0.25, 0.3) is 5.91 Å². The van der Waals surface area contributed by atoms with Gasteiger partial charge < -0.3 is 9.64 Å². The first-order chi connectivity index (χ1) is 15.7. The molecule has 0 unspecified atom stereocenters. The average molecular weight is 575 g/mol. The molecule has 0 aliphatic carbocycles. The first-order valence-electron chi connectivity index (χ1n) is 9.70. The molecule has 2 aromatic rings. The van der Waals surface area contributed by atoms with E-state index in [1.807, 2.05) is 0 Å². The molecule has 3 rings (SSSR count). The molecular weight excluding hydrogens is 558 g/mol. The number of carbonyl (C=O) groups is 1. The lowest BCUT2D eigenvalue weighted by molar-refractivity contribution is -0.274. The standard InChI is InChI=1S/C20H17BrF6N2O4S/c21-13-3-6-17(16(11-13)19(22,23)24)34(31,32)28-14-7-9-29(10-8-14)18(30)12-1-4-15(5-2-12)33-20(25,26)27/h1-6,11,14,28H,7-10H2. The zero-order chi connectivity index (χ0) is 25.3. The van der Waals surface area contributed by atoms with E-state index in [0.717, 1.165) is 18.2 Å². The Morgan fingerprint density at radius 3 is 2.12 bits per heavy atom. The summed E-state index contributed by atoms with van der Waals surface area (Å²) in [6, 6.07) is 6.36. The van der Waals surface area contributed by atoms with Crippen molar-refractivity contribution >= 4 is 31.9 Å². The molecule has 14 heteroatoms. The predicted molar refractivity (Wildman–Crippen MR) is 112 cm³/mol. The first-order valence-corrected chi connectivity index (χ1v) is 12.0. The fourth-order valence-corrected chi connectivity index (χ4v) is 5.30. The Labute approximate surface area is 199 Å². The van der Waals surface area contributed by atoms with Crippen LogP contribution in [0.3, 0.4) is 0 Å². The number of sulfonamides is 1. The van der Waals surface area contributed by atoms with E-state index < -0.39 is 50.7 Å². The van der Waals surface area contributed by atoms with Crippen molar-refractivity contribution in [3.05, 3.63) is 58.1 Å². The summed E-state index contributed by atoms with van der Waals surface area (Å²) in [6.07, 6.45) is -9.47. The number of hydrogen-bond acceptors (Lipinski definition) is 4. The Balaban J connectivity index is 1.64. The highest BCUT2D eigenvalue weighted by atomic mass is 79.9. The van der Waals surface area contributed by atoms with Crippen molar-refractivity contribution in [3.63, 3.8) is 0 Å². The molecule has 186 valence electrons. The number of alkyl halides is 6. The molecule has 1 saturated heterocycles. The van der Waals surface area contributed by atoms with Gasteiger partial charge in [0.2, 0.25) is 10.0 Å². The lowest BCUT2D eigenvalue weighted by atomic mass is 10.0. The average Bonchev–Trinajstić information content (AvgIpc) is 2.72. The summed E-state index contributed by atoms with van der Waals surface area (Å²) in [5.74, 6) is -0.963. The van der Waals surface area contributed by atoms with Crippen molar-refractivity contribution in [2.24, 2.45) is 0 Å². The van der Waals surface area contributed by atoms with Crippen LogP contribution in [-0.2, 0) is 16.2 Å². The first kappa shape index (κ1) is 26.3. The van der Waals surface area contributed by atoms with E-state index in [9.17, 15) is 39.6 Å². The van der Waals surface area contributed by atoms with E-state index >= 15 is 0 Å². The highest BCUT2D eigenvalue weighted by Gasteiger charge is 2.38. The Hall–Kier alpha value is -2.32. The van der Waals surface area contributed by atoms with Crippen LogP contribution in [0, 0.1) is 0 Å². The third-order valence-corrected chi connectivity index (χ3v) is 7.05. The van der Waals surface area contributed by atoms with E-state index in [2.05, 4.69) is 25.4 Å². The number of benzene rings is 2. The SMILES string of the molecule is O=C(c1ccc(OC(F)(F)F)cc1)N1CCC(NS(=O)(=O)c2ccc(Br)cc2C(F)(F)F)CC1. The van der Waals surface area contributed by atoms with Gasteiger partial charge in [-0.3, -0.25) is 4.79 Å². The summed E-state index contributed by atoms with van der Waals surface area (Å²) in [5.41, 5.74) is -1.20. The molecular formula is C20H17BrF6N2O4S. The van der Waals surface area contributed by atoms with Crippen LogP contribution in [0.25, 0.3) is 0 Å². The third kappa shape index (κ3) is 6.63. The highest BCUT2D eigenvalue weighted by Crippen LogP contribution is 2.36. The van der Waals surface area contributed by atoms with Gasteiger partial charge in [-0.1, -0.05) is 15.9 Å². The summed E-state index contributed by atoms with van der Waals surface area (Å²) in [6.45, 7) is 0.193. The maximum Gasteiger partial charge on any atom is 0.573 e. The largest absolute Gasteiger partial charge is 0.573 e. The van der Waals surface area contributed by atoms with Crippen LogP contribution >= 0.6 is 15.9 Å². The maximum atomic E-state index is 13.3. The van der Waals surface area contributed by atoms with Crippen molar-refractivity contribution < 1.29 is 44.3 Å². The fourth-order valence-electron chi connectivity index (χ4n) is 3.42. The summed E-state index contributed by atoms with van der Waals surface area (Å²) in [5, 5.41) is 0. The molecule has 0 radical (unpaired) electrons. The number of amides is 1. The molecule has 1 aliphatic rings. The number of nitrogens with one attached hydrogen (secondary N) is 1. The summed E-state index contributed by atoms with van der Waals surface area (Å²) in [7, 11) is -4.50. The Morgan fingerprint density at radius 1 is 1.00 bits per heavy atom. The van der Waals surface area contributed by atoms with Crippen LogP contribution in [0.4, 0.5) is 26.3 Å². The highest BCUT2D eigenvalue weighted by molar-refractivity contribution is 9.10. The van der Waals surface area contributed by atoms with Crippen molar-refractivity contribution in [3.8, 4) is 5.75 Å². The summed E-state index contributed by atoms with van der Waals surface area (Å²) >= 11 is 2.90. The zero-order valence-corrected chi connectivity index (χ0v) is 19.5. The monoisotopic (exact) mass is 574 g/mol. The molecule has 1 aliphatic heterocycles. The Bertz CT molecular complexity index is 1150. The van der Waals surface area contributed by atoms with Crippen LogP contribution in [0.5, 0.6) is 5.75 Å². The number of rotatable bonds is 5. The molecule has 0 bridgehead atoms. The third-order valence-electron chi connectivity index (χ3n) is 4.98. The van der Waals surface area contributed by atoms with E-state index in [0.29, 0.717) is 6.07 Å². The maximum absolute atomic E-state index is 13.3. The molecule has 2 aromatic carbocycles. The lowest BCUT2D eigenvalue weighted by Crippen LogP contribution is -2.46. The molecule has 6 nitrogen and oxygen atoms in total. The molecule has 0 spiro atoms. The molecule has 0 saturated carbocycles. The quantitative estimate of drug-likeness (QED) is 0.513. The van der Waals surface area contributed by atoms with Gasteiger partial charge >= 0.3 is 12.5 Å². The molecule has 1 heterocycles. The Morgan fingerprint density at radius 2 is 1.59 bits per heavy atom. The minimum absolute atomic E-state index is 0.0728. The molecule has 1 N–H and O–H groups in total. The van der Waals surface area contributed by atoms with Gasteiger partial charge in [0.15, 0.2) is 0 Å². The number of halogens is 7. The molecule has 1 amide bonds. The minimum atomic E-state index is -4.88.